The van der Waals surface area contributed by atoms with E-state index in [1.807, 2.05) is 19.1 Å². The fraction of sp³-hybridized carbons (Fsp3) is 0.238. The summed E-state index contributed by atoms with van der Waals surface area (Å²) in [5, 5.41) is 2.52. The number of nitrogens with one attached hydrogen (secondary N) is 1. The number of hydrogen-bond donors (Lipinski definition) is 1. The van der Waals surface area contributed by atoms with Gasteiger partial charge in [-0.15, -0.1) is 0 Å². The van der Waals surface area contributed by atoms with Crippen LogP contribution in [0.3, 0.4) is 0 Å². The lowest BCUT2D eigenvalue weighted by Gasteiger charge is -2.33. The number of para-hydroxylation sites is 2. The number of aromatic nitrogens is 2. The van der Waals surface area contributed by atoms with E-state index in [-0.39, 0.29) is 18.1 Å². The van der Waals surface area contributed by atoms with Crippen molar-refractivity contribution in [1.29, 1.82) is 0 Å². The van der Waals surface area contributed by atoms with E-state index in [1.165, 1.54) is 11.9 Å². The van der Waals surface area contributed by atoms with Crippen LogP contribution in [-0.2, 0) is 14.3 Å². The highest BCUT2D eigenvalue weighted by Crippen LogP contribution is 2.33. The Morgan fingerprint density at radius 1 is 1.27 bits per heavy atom. The zero-order chi connectivity index (χ0) is 21.3. The number of hydrogen-bond acceptors (Lipinski definition) is 6. The molecule has 0 radical (unpaired) electrons. The molecule has 1 aromatic carbocycles. The maximum absolute atomic E-state index is 12.8. The van der Waals surface area contributed by atoms with Crippen LogP contribution >= 0.6 is 0 Å². The molecule has 1 N–H and O–H groups in total. The number of amides is 2. The number of fused-ring (bicyclic) bond motifs is 2. The van der Waals surface area contributed by atoms with E-state index >= 15 is 0 Å². The van der Waals surface area contributed by atoms with Crippen LogP contribution in [0, 0.1) is 6.92 Å². The van der Waals surface area contributed by atoms with Gasteiger partial charge < -0.3 is 24.1 Å². The van der Waals surface area contributed by atoms with E-state index in [1.54, 1.807) is 41.1 Å². The quantitative estimate of drug-likeness (QED) is 0.654. The fourth-order valence-electron chi connectivity index (χ4n) is 3.23. The first-order valence-electron chi connectivity index (χ1n) is 9.36. The van der Waals surface area contributed by atoms with Crippen molar-refractivity contribution in [3.8, 4) is 5.75 Å². The van der Waals surface area contributed by atoms with Gasteiger partial charge in [-0.3, -0.25) is 9.59 Å². The number of esters is 1. The van der Waals surface area contributed by atoms with E-state index in [9.17, 15) is 14.4 Å². The van der Waals surface area contributed by atoms with Gasteiger partial charge in [-0.1, -0.05) is 12.1 Å². The first kappa shape index (κ1) is 19.4. The number of carbonyl (C=O) groups is 3. The molecule has 0 bridgehead atoms. The Balaban J connectivity index is 1.48. The Morgan fingerprint density at radius 3 is 2.87 bits per heavy atom. The van der Waals surface area contributed by atoms with Crippen molar-refractivity contribution in [2.24, 2.45) is 0 Å². The summed E-state index contributed by atoms with van der Waals surface area (Å²) >= 11 is 0. The monoisotopic (exact) mass is 408 g/mol. The number of benzene rings is 1. The summed E-state index contributed by atoms with van der Waals surface area (Å²) in [5.41, 5.74) is 2.25. The molecule has 0 saturated heterocycles. The molecule has 30 heavy (non-hydrogen) atoms. The lowest BCUT2D eigenvalue weighted by atomic mass is 10.1. The van der Waals surface area contributed by atoms with E-state index in [0.29, 0.717) is 17.1 Å². The van der Waals surface area contributed by atoms with Gasteiger partial charge in [0.2, 0.25) is 0 Å². The molecule has 0 spiro atoms. The predicted molar refractivity (Wildman–Crippen MR) is 107 cm³/mol. The molecule has 1 aliphatic rings. The van der Waals surface area contributed by atoms with Gasteiger partial charge in [0.05, 0.1) is 12.2 Å². The molecule has 9 heteroatoms. The maximum atomic E-state index is 12.8. The lowest BCUT2D eigenvalue weighted by molar-refractivity contribution is -0.128. The van der Waals surface area contributed by atoms with Crippen molar-refractivity contribution < 1.29 is 23.9 Å². The van der Waals surface area contributed by atoms with Crippen molar-refractivity contribution in [2.45, 2.75) is 13.0 Å². The number of carbonyl (C=O) groups excluding carboxylic acids is 3. The Kier molecular flexibility index (Phi) is 5.09. The second-order valence-corrected chi connectivity index (χ2v) is 6.86. The summed E-state index contributed by atoms with van der Waals surface area (Å²) < 4.78 is 12.6. The molecule has 9 nitrogen and oxygen atoms in total. The molecule has 0 aliphatic carbocycles. The number of likely N-dealkylation sites (N-methyl/N-ethyl adjacent to an activating group) is 1. The lowest BCUT2D eigenvalue weighted by Crippen LogP contribution is -2.51. The van der Waals surface area contributed by atoms with Gasteiger partial charge in [0.25, 0.3) is 11.8 Å². The second-order valence-electron chi connectivity index (χ2n) is 6.86. The molecule has 1 atom stereocenters. The first-order valence-corrected chi connectivity index (χ1v) is 9.36. The predicted octanol–water partition coefficient (Wildman–Crippen LogP) is 1.34. The summed E-state index contributed by atoms with van der Waals surface area (Å²) in [4.78, 5) is 42.9. The van der Waals surface area contributed by atoms with E-state index < -0.39 is 24.6 Å². The number of aryl methyl sites for hydroxylation is 1. The van der Waals surface area contributed by atoms with Crippen LogP contribution in [0.2, 0.25) is 0 Å². The molecule has 4 rings (SSSR count). The zero-order valence-electron chi connectivity index (χ0n) is 16.5. The van der Waals surface area contributed by atoms with Crippen molar-refractivity contribution in [2.75, 3.05) is 25.1 Å². The number of imidazole rings is 1. The maximum Gasteiger partial charge on any atom is 0.359 e. The van der Waals surface area contributed by atoms with Gasteiger partial charge in [0.15, 0.2) is 18.4 Å². The highest BCUT2D eigenvalue weighted by atomic mass is 16.5. The van der Waals surface area contributed by atoms with Crippen LogP contribution < -0.4 is 15.0 Å². The molecule has 1 unspecified atom stereocenters. The normalized spacial score (nSPS) is 15.3. The number of anilines is 1. The number of pyridine rings is 1. The highest BCUT2D eigenvalue weighted by Gasteiger charge is 2.33. The van der Waals surface area contributed by atoms with Crippen LogP contribution in [-0.4, -0.2) is 53.5 Å². The minimum absolute atomic E-state index is 0.0146. The molecule has 2 amide bonds. The van der Waals surface area contributed by atoms with Crippen molar-refractivity contribution in [3.63, 3.8) is 0 Å². The minimum atomic E-state index is -0.855. The van der Waals surface area contributed by atoms with Crippen molar-refractivity contribution >= 4 is 29.1 Å². The molecule has 2 aromatic heterocycles. The zero-order valence-corrected chi connectivity index (χ0v) is 16.5. The Labute approximate surface area is 172 Å². The number of ether oxygens (including phenoxy) is 2. The smallest absolute Gasteiger partial charge is 0.359 e. The van der Waals surface area contributed by atoms with Crippen LogP contribution in [0.15, 0.2) is 48.8 Å². The van der Waals surface area contributed by atoms with Gasteiger partial charge in [-0.2, -0.15) is 0 Å². The third kappa shape index (κ3) is 3.69. The minimum Gasteiger partial charge on any atom is -0.477 e. The van der Waals surface area contributed by atoms with Gasteiger partial charge in [0.1, 0.15) is 11.4 Å². The Bertz CT molecular complexity index is 1140. The number of nitrogens with zero attached hydrogens (tertiary/aromatic N) is 3. The molecule has 0 saturated carbocycles. The standard InChI is InChI=1S/C21H20N4O5/c1-13-7-8-24-10-14(23-18(24)9-13)21(28)29-12-19(26)25-11-17(20(27)22-2)30-16-6-4-3-5-15(16)25/h3-10,17H,11-12H2,1-2H3,(H,22,27). The van der Waals surface area contributed by atoms with Gasteiger partial charge in [-0.25, -0.2) is 9.78 Å². The van der Waals surface area contributed by atoms with Crippen LogP contribution in [0.4, 0.5) is 5.69 Å². The summed E-state index contributed by atoms with van der Waals surface area (Å²) in [6.45, 7) is 1.46. The summed E-state index contributed by atoms with van der Waals surface area (Å²) in [7, 11) is 1.50. The molecule has 3 aromatic rings. The van der Waals surface area contributed by atoms with Crippen LogP contribution in [0.25, 0.3) is 5.65 Å². The summed E-state index contributed by atoms with van der Waals surface area (Å²) in [5.74, 6) is -1.10. The van der Waals surface area contributed by atoms with E-state index in [2.05, 4.69) is 10.3 Å². The molecular formula is C21H20N4O5. The molecule has 154 valence electrons. The average molecular weight is 408 g/mol. The largest absolute Gasteiger partial charge is 0.477 e. The van der Waals surface area contributed by atoms with Crippen molar-refractivity contribution in [1.82, 2.24) is 14.7 Å². The molecule has 1 aliphatic heterocycles. The van der Waals surface area contributed by atoms with Gasteiger partial charge >= 0.3 is 5.97 Å². The van der Waals surface area contributed by atoms with Gasteiger partial charge in [-0.05, 0) is 36.8 Å². The molecule has 0 fully saturated rings. The summed E-state index contributed by atoms with van der Waals surface area (Å²) in [6.07, 6.45) is 2.49. The molecular weight excluding hydrogens is 388 g/mol. The topological polar surface area (TPSA) is 102 Å². The average Bonchev–Trinajstić information content (AvgIpc) is 3.19. The van der Waals surface area contributed by atoms with Crippen molar-refractivity contribution in [3.05, 3.63) is 60.0 Å². The Morgan fingerprint density at radius 2 is 2.07 bits per heavy atom. The van der Waals surface area contributed by atoms with Crippen LogP contribution in [0.5, 0.6) is 5.75 Å². The van der Waals surface area contributed by atoms with Crippen LogP contribution in [0.1, 0.15) is 16.1 Å². The first-order chi connectivity index (χ1) is 14.5. The fourth-order valence-corrected chi connectivity index (χ4v) is 3.23. The summed E-state index contributed by atoms with van der Waals surface area (Å²) in [6, 6.07) is 10.6. The van der Waals surface area contributed by atoms with Gasteiger partial charge in [0, 0.05) is 19.4 Å². The third-order valence-corrected chi connectivity index (χ3v) is 4.77. The number of rotatable bonds is 4. The van der Waals surface area contributed by atoms with E-state index in [0.717, 1.165) is 5.56 Å². The van der Waals surface area contributed by atoms with E-state index in [4.69, 9.17) is 9.47 Å². The highest BCUT2D eigenvalue weighted by molar-refractivity contribution is 5.99. The SMILES string of the molecule is CNC(=O)C1CN(C(=O)COC(=O)c2cn3ccc(C)cc3n2)c2ccccc2O1. The second kappa shape index (κ2) is 7.86. The Hall–Kier alpha value is -3.88. The molecule has 3 heterocycles. The third-order valence-electron chi connectivity index (χ3n) is 4.77.